The lowest BCUT2D eigenvalue weighted by molar-refractivity contribution is -0.118. The van der Waals surface area contributed by atoms with E-state index in [2.05, 4.69) is 10.6 Å². The van der Waals surface area contributed by atoms with E-state index in [1.165, 1.54) is 5.56 Å². The quantitative estimate of drug-likeness (QED) is 0.896. The van der Waals surface area contributed by atoms with Crippen LogP contribution in [0.4, 0.5) is 11.4 Å². The molecule has 0 unspecified atom stereocenters. The molecule has 2 aromatic carbocycles. The van der Waals surface area contributed by atoms with Crippen LogP contribution in [-0.2, 0) is 11.2 Å². The molecular formula is C16H16N2O2. The first kappa shape index (κ1) is 12.5. The number of hydrogen-bond donors (Lipinski definition) is 2. The fourth-order valence-corrected chi connectivity index (χ4v) is 2.25. The van der Waals surface area contributed by atoms with Gasteiger partial charge in [0.05, 0.1) is 0 Å². The molecule has 0 bridgehead atoms. The Balaban J connectivity index is 1.56. The van der Waals surface area contributed by atoms with Crippen LogP contribution in [-0.4, -0.2) is 19.1 Å². The van der Waals surface area contributed by atoms with Crippen molar-refractivity contribution in [1.29, 1.82) is 0 Å². The number of carbonyl (C=O) groups excluding carboxylic acids is 1. The minimum atomic E-state index is -0.153. The van der Waals surface area contributed by atoms with Crippen molar-refractivity contribution in [2.45, 2.75) is 6.42 Å². The highest BCUT2D eigenvalue weighted by Gasteiger charge is 2.11. The zero-order valence-electron chi connectivity index (χ0n) is 11.1. The third-order valence-electron chi connectivity index (χ3n) is 3.21. The summed E-state index contributed by atoms with van der Waals surface area (Å²) in [4.78, 5) is 11.8. The highest BCUT2D eigenvalue weighted by molar-refractivity contribution is 5.92. The van der Waals surface area contributed by atoms with Crippen LogP contribution in [0, 0.1) is 0 Å². The maximum absolute atomic E-state index is 11.8. The fourth-order valence-electron chi connectivity index (χ4n) is 2.25. The van der Waals surface area contributed by atoms with E-state index in [-0.39, 0.29) is 12.5 Å². The molecule has 0 saturated heterocycles. The van der Waals surface area contributed by atoms with Gasteiger partial charge in [-0.3, -0.25) is 4.79 Å². The number of benzene rings is 2. The minimum absolute atomic E-state index is 0.0132. The van der Waals surface area contributed by atoms with Crippen LogP contribution in [0.3, 0.4) is 0 Å². The first-order chi connectivity index (χ1) is 9.81. The molecule has 2 aromatic rings. The summed E-state index contributed by atoms with van der Waals surface area (Å²) in [5.74, 6) is 0.542. The Morgan fingerprint density at radius 3 is 2.90 bits per heavy atom. The van der Waals surface area contributed by atoms with Gasteiger partial charge in [-0.05, 0) is 42.3 Å². The molecule has 0 atom stereocenters. The van der Waals surface area contributed by atoms with E-state index in [4.69, 9.17) is 4.74 Å². The molecule has 102 valence electrons. The molecular weight excluding hydrogens is 252 g/mol. The van der Waals surface area contributed by atoms with Gasteiger partial charge in [-0.1, -0.05) is 18.2 Å². The second-order valence-electron chi connectivity index (χ2n) is 4.70. The van der Waals surface area contributed by atoms with Gasteiger partial charge in [0, 0.05) is 17.9 Å². The van der Waals surface area contributed by atoms with Gasteiger partial charge in [-0.15, -0.1) is 0 Å². The molecule has 0 spiro atoms. The number of hydrogen-bond acceptors (Lipinski definition) is 3. The molecule has 4 nitrogen and oxygen atoms in total. The van der Waals surface area contributed by atoms with Crippen molar-refractivity contribution in [2.24, 2.45) is 0 Å². The number of anilines is 2. The molecule has 0 aliphatic carbocycles. The van der Waals surface area contributed by atoms with Crippen LogP contribution in [0.25, 0.3) is 0 Å². The number of rotatable bonds is 4. The molecule has 0 fully saturated rings. The van der Waals surface area contributed by atoms with E-state index in [0.29, 0.717) is 5.75 Å². The molecule has 1 amide bonds. The van der Waals surface area contributed by atoms with Gasteiger partial charge in [0.2, 0.25) is 0 Å². The number of nitrogens with one attached hydrogen (secondary N) is 2. The van der Waals surface area contributed by atoms with Gasteiger partial charge >= 0.3 is 0 Å². The van der Waals surface area contributed by atoms with Crippen molar-refractivity contribution in [3.63, 3.8) is 0 Å². The van der Waals surface area contributed by atoms with Crippen molar-refractivity contribution in [1.82, 2.24) is 0 Å². The minimum Gasteiger partial charge on any atom is -0.484 e. The van der Waals surface area contributed by atoms with Crippen molar-refractivity contribution >= 4 is 17.3 Å². The second kappa shape index (κ2) is 5.65. The van der Waals surface area contributed by atoms with E-state index in [9.17, 15) is 4.79 Å². The molecule has 4 heteroatoms. The van der Waals surface area contributed by atoms with Crippen molar-refractivity contribution in [3.05, 3.63) is 54.1 Å². The number of fused-ring (bicyclic) bond motifs is 1. The van der Waals surface area contributed by atoms with Gasteiger partial charge in [0.25, 0.3) is 5.91 Å². The summed E-state index contributed by atoms with van der Waals surface area (Å²) < 4.78 is 5.41. The highest BCUT2D eigenvalue weighted by atomic mass is 16.5. The van der Waals surface area contributed by atoms with Crippen molar-refractivity contribution in [3.8, 4) is 5.75 Å². The number of carbonyl (C=O) groups is 1. The van der Waals surface area contributed by atoms with Gasteiger partial charge in [0.15, 0.2) is 6.61 Å². The van der Waals surface area contributed by atoms with Crippen LogP contribution in [0.2, 0.25) is 0 Å². The summed E-state index contributed by atoms with van der Waals surface area (Å²) in [5, 5.41) is 6.14. The summed E-state index contributed by atoms with van der Waals surface area (Å²) in [7, 11) is 0. The maximum atomic E-state index is 11.8. The van der Waals surface area contributed by atoms with Gasteiger partial charge in [-0.2, -0.15) is 0 Å². The SMILES string of the molecule is O=C(COc1ccccc1)Nc1ccc2c(c1)CCN2. The predicted molar refractivity (Wildman–Crippen MR) is 79.2 cm³/mol. The average Bonchev–Trinajstić information content (AvgIpc) is 2.94. The fraction of sp³-hybridized carbons (Fsp3) is 0.188. The standard InChI is InChI=1S/C16H16N2O2/c19-16(11-20-14-4-2-1-3-5-14)18-13-6-7-15-12(10-13)8-9-17-15/h1-7,10,17H,8-9,11H2,(H,18,19). The molecule has 2 N–H and O–H groups in total. The van der Waals surface area contributed by atoms with E-state index in [0.717, 1.165) is 24.3 Å². The van der Waals surface area contributed by atoms with E-state index >= 15 is 0 Å². The Morgan fingerprint density at radius 2 is 2.05 bits per heavy atom. The predicted octanol–water partition coefficient (Wildman–Crippen LogP) is 2.67. The Bertz CT molecular complexity index is 611. The maximum Gasteiger partial charge on any atom is 0.262 e. The van der Waals surface area contributed by atoms with E-state index in [1.807, 2.05) is 48.5 Å². The lowest BCUT2D eigenvalue weighted by Gasteiger charge is -2.08. The Kier molecular flexibility index (Phi) is 3.54. The molecule has 0 aromatic heterocycles. The summed E-state index contributed by atoms with van der Waals surface area (Å²) >= 11 is 0. The Labute approximate surface area is 117 Å². The first-order valence-corrected chi connectivity index (χ1v) is 6.66. The molecule has 1 heterocycles. The summed E-state index contributed by atoms with van der Waals surface area (Å²) in [5.41, 5.74) is 3.21. The highest BCUT2D eigenvalue weighted by Crippen LogP contribution is 2.25. The molecule has 0 saturated carbocycles. The van der Waals surface area contributed by atoms with Gasteiger partial charge < -0.3 is 15.4 Å². The third kappa shape index (κ3) is 2.91. The van der Waals surface area contributed by atoms with E-state index < -0.39 is 0 Å². The number of amides is 1. The molecule has 1 aliphatic heterocycles. The van der Waals surface area contributed by atoms with Crippen LogP contribution >= 0.6 is 0 Å². The van der Waals surface area contributed by atoms with Crippen LogP contribution < -0.4 is 15.4 Å². The summed E-state index contributed by atoms with van der Waals surface area (Å²) in [6.07, 6.45) is 1.000. The van der Waals surface area contributed by atoms with Crippen LogP contribution in [0.5, 0.6) is 5.75 Å². The smallest absolute Gasteiger partial charge is 0.262 e. The summed E-state index contributed by atoms with van der Waals surface area (Å²) in [6, 6.07) is 15.2. The van der Waals surface area contributed by atoms with E-state index in [1.54, 1.807) is 0 Å². The van der Waals surface area contributed by atoms with Crippen LogP contribution in [0.1, 0.15) is 5.56 Å². The summed E-state index contributed by atoms with van der Waals surface area (Å²) in [6.45, 7) is 0.975. The van der Waals surface area contributed by atoms with Crippen molar-refractivity contribution < 1.29 is 9.53 Å². The number of para-hydroxylation sites is 1. The van der Waals surface area contributed by atoms with Gasteiger partial charge in [-0.25, -0.2) is 0 Å². The topological polar surface area (TPSA) is 50.4 Å². The molecule has 20 heavy (non-hydrogen) atoms. The lowest BCUT2D eigenvalue weighted by atomic mass is 10.1. The molecule has 3 rings (SSSR count). The average molecular weight is 268 g/mol. The van der Waals surface area contributed by atoms with Crippen molar-refractivity contribution in [2.75, 3.05) is 23.8 Å². The van der Waals surface area contributed by atoms with Crippen LogP contribution in [0.15, 0.2) is 48.5 Å². The third-order valence-corrected chi connectivity index (χ3v) is 3.21. The lowest BCUT2D eigenvalue weighted by Crippen LogP contribution is -2.20. The largest absolute Gasteiger partial charge is 0.484 e. The molecule has 1 aliphatic rings. The Hall–Kier alpha value is -2.49. The zero-order chi connectivity index (χ0) is 13.8. The normalized spacial score (nSPS) is 12.4. The zero-order valence-corrected chi connectivity index (χ0v) is 11.1. The molecule has 0 radical (unpaired) electrons. The Morgan fingerprint density at radius 1 is 1.20 bits per heavy atom. The van der Waals surface area contributed by atoms with Gasteiger partial charge in [0.1, 0.15) is 5.75 Å². The monoisotopic (exact) mass is 268 g/mol. The first-order valence-electron chi connectivity index (χ1n) is 6.66. The second-order valence-corrected chi connectivity index (χ2v) is 4.70. The number of ether oxygens (including phenoxy) is 1.